The zero-order valence-corrected chi connectivity index (χ0v) is 18.8. The quantitative estimate of drug-likeness (QED) is 0.404. The highest BCUT2D eigenvalue weighted by Crippen LogP contribution is 2.38. The number of aromatic nitrogens is 1. The molecule has 1 aliphatic rings. The number of hydrogen-bond acceptors (Lipinski definition) is 5. The van der Waals surface area contributed by atoms with Gasteiger partial charge in [0.15, 0.2) is 20.9 Å². The van der Waals surface area contributed by atoms with Crippen LogP contribution < -0.4 is 0 Å². The molecule has 1 aromatic heterocycles. The Morgan fingerprint density at radius 3 is 2.71 bits per heavy atom. The minimum Gasteiger partial charge on any atom is -0.392 e. The minimum absolute atomic E-state index is 0.126. The van der Waals surface area contributed by atoms with E-state index in [4.69, 9.17) is 13.9 Å². The van der Waals surface area contributed by atoms with E-state index in [2.05, 4.69) is 54.8 Å². The number of nitrogens with zero attached hydrogens (tertiary/aromatic N) is 1. The molecule has 4 nitrogen and oxygen atoms in total. The third kappa shape index (κ3) is 5.88. The number of halogens is 1. The van der Waals surface area contributed by atoms with E-state index in [0.717, 1.165) is 43.3 Å². The lowest BCUT2D eigenvalue weighted by Crippen LogP contribution is -2.46. The van der Waals surface area contributed by atoms with Crippen molar-refractivity contribution < 1.29 is 13.9 Å². The Kier molecular flexibility index (Phi) is 7.46. The smallest absolute Gasteiger partial charge is 0.195 e. The van der Waals surface area contributed by atoms with Gasteiger partial charge in [0.05, 0.1) is 5.51 Å². The van der Waals surface area contributed by atoms with Crippen LogP contribution in [0.1, 0.15) is 51.3 Å². The molecule has 138 valence electrons. The highest BCUT2D eigenvalue weighted by molar-refractivity contribution is 9.10. The van der Waals surface area contributed by atoms with Crippen LogP contribution in [0.3, 0.4) is 0 Å². The zero-order chi connectivity index (χ0) is 17.8. The number of thiazole rings is 1. The van der Waals surface area contributed by atoms with Gasteiger partial charge in [0, 0.05) is 17.9 Å². The molecule has 1 aromatic rings. The van der Waals surface area contributed by atoms with E-state index in [1.807, 2.05) is 5.51 Å². The van der Waals surface area contributed by atoms with E-state index in [-0.39, 0.29) is 17.6 Å². The summed E-state index contributed by atoms with van der Waals surface area (Å²) in [5.41, 5.74) is 1.87. The average molecular weight is 436 g/mol. The van der Waals surface area contributed by atoms with E-state index in [9.17, 15) is 0 Å². The van der Waals surface area contributed by atoms with E-state index in [1.165, 1.54) is 4.88 Å². The maximum atomic E-state index is 6.55. The second-order valence-corrected chi connectivity index (χ2v) is 14.3. The first-order valence-corrected chi connectivity index (χ1v) is 13.3. The topological polar surface area (TPSA) is 40.6 Å². The van der Waals surface area contributed by atoms with Crippen LogP contribution in [0.2, 0.25) is 18.1 Å². The van der Waals surface area contributed by atoms with Crippen LogP contribution >= 0.6 is 27.3 Å². The van der Waals surface area contributed by atoms with E-state index >= 15 is 0 Å². The molecule has 2 heterocycles. The fourth-order valence-electron chi connectivity index (χ4n) is 2.32. The highest BCUT2D eigenvalue weighted by atomic mass is 79.9. The summed E-state index contributed by atoms with van der Waals surface area (Å²) in [6.45, 7) is 12.1. The first-order valence-electron chi connectivity index (χ1n) is 8.72. The summed E-state index contributed by atoms with van der Waals surface area (Å²) >= 11 is 5.18. The molecule has 0 aromatic carbocycles. The third-order valence-electron chi connectivity index (χ3n) is 4.87. The Morgan fingerprint density at radius 1 is 1.42 bits per heavy atom. The molecule has 1 saturated heterocycles. The van der Waals surface area contributed by atoms with Gasteiger partial charge in [-0.3, -0.25) is 0 Å². The Balaban J connectivity index is 2.01. The molecule has 1 fully saturated rings. The van der Waals surface area contributed by atoms with Crippen LogP contribution in [0.15, 0.2) is 10.1 Å². The van der Waals surface area contributed by atoms with Crippen LogP contribution in [-0.2, 0) is 20.3 Å². The Bertz CT molecular complexity index is 512. The lowest BCUT2D eigenvalue weighted by molar-refractivity contribution is -0.236. The van der Waals surface area contributed by atoms with Crippen molar-refractivity contribution in [2.75, 3.05) is 6.61 Å². The van der Waals surface area contributed by atoms with E-state index in [0.29, 0.717) is 0 Å². The van der Waals surface area contributed by atoms with Gasteiger partial charge in [-0.2, -0.15) is 0 Å². The second kappa shape index (κ2) is 8.73. The summed E-state index contributed by atoms with van der Waals surface area (Å²) in [6.07, 6.45) is 4.63. The molecule has 24 heavy (non-hydrogen) atoms. The lowest BCUT2D eigenvalue weighted by atomic mass is 10.2. The standard InChI is InChI=1S/C17H30BrNO3SSi/c1-17(2,3)24(4,5)22-15(21-14-8-6-7-11-20-14)10-9-13-16(18)19-12-23-13/h12,14-15H,6-11H2,1-5H3. The number of hydrogen-bond donors (Lipinski definition) is 0. The normalized spacial score (nSPS) is 21.0. The van der Waals surface area contributed by atoms with Crippen molar-refractivity contribution in [3.05, 3.63) is 15.0 Å². The molecular formula is C17H30BrNO3SSi. The van der Waals surface area contributed by atoms with Gasteiger partial charge in [0.25, 0.3) is 0 Å². The molecule has 0 saturated carbocycles. The van der Waals surface area contributed by atoms with Crippen LogP contribution in [0.25, 0.3) is 0 Å². The van der Waals surface area contributed by atoms with Gasteiger partial charge in [-0.05, 0) is 59.7 Å². The van der Waals surface area contributed by atoms with Crippen molar-refractivity contribution in [1.29, 1.82) is 0 Å². The predicted octanol–water partition coefficient (Wildman–Crippen LogP) is 5.73. The van der Waals surface area contributed by atoms with Crippen LogP contribution in [0.4, 0.5) is 0 Å². The van der Waals surface area contributed by atoms with Crippen molar-refractivity contribution in [2.45, 2.75) is 83.6 Å². The zero-order valence-electron chi connectivity index (χ0n) is 15.4. The molecule has 0 spiro atoms. The summed E-state index contributed by atoms with van der Waals surface area (Å²) in [6, 6.07) is 0. The molecule has 2 atom stereocenters. The largest absolute Gasteiger partial charge is 0.392 e. The molecule has 2 unspecified atom stereocenters. The highest BCUT2D eigenvalue weighted by Gasteiger charge is 2.40. The Hall–Kier alpha value is 0.207. The fraction of sp³-hybridized carbons (Fsp3) is 0.824. The van der Waals surface area contributed by atoms with Gasteiger partial charge >= 0.3 is 0 Å². The van der Waals surface area contributed by atoms with Gasteiger partial charge in [-0.1, -0.05) is 20.8 Å². The molecule has 1 aliphatic heterocycles. The molecule has 0 aliphatic carbocycles. The maximum absolute atomic E-state index is 6.55. The molecular weight excluding hydrogens is 406 g/mol. The van der Waals surface area contributed by atoms with Crippen molar-refractivity contribution in [1.82, 2.24) is 4.98 Å². The van der Waals surface area contributed by atoms with Gasteiger partial charge in [0.2, 0.25) is 0 Å². The molecule has 0 radical (unpaired) electrons. The lowest BCUT2D eigenvalue weighted by Gasteiger charge is -2.40. The maximum Gasteiger partial charge on any atom is 0.195 e. The molecule has 0 amide bonds. The summed E-state index contributed by atoms with van der Waals surface area (Å²) in [4.78, 5) is 5.50. The van der Waals surface area contributed by atoms with Crippen molar-refractivity contribution >= 4 is 35.6 Å². The Morgan fingerprint density at radius 2 is 2.17 bits per heavy atom. The predicted molar refractivity (Wildman–Crippen MR) is 105 cm³/mol. The monoisotopic (exact) mass is 435 g/mol. The first kappa shape index (κ1) is 20.5. The molecule has 0 bridgehead atoms. The van der Waals surface area contributed by atoms with Crippen molar-refractivity contribution in [3.8, 4) is 0 Å². The fourth-order valence-corrected chi connectivity index (χ4v) is 4.89. The van der Waals surface area contributed by atoms with Gasteiger partial charge in [-0.25, -0.2) is 4.98 Å². The number of aryl methyl sites for hydroxylation is 1. The number of ether oxygens (including phenoxy) is 2. The number of rotatable bonds is 7. The first-order chi connectivity index (χ1) is 11.2. The van der Waals surface area contributed by atoms with Crippen LogP contribution in [0.5, 0.6) is 0 Å². The van der Waals surface area contributed by atoms with Crippen molar-refractivity contribution in [3.63, 3.8) is 0 Å². The van der Waals surface area contributed by atoms with E-state index in [1.54, 1.807) is 11.3 Å². The summed E-state index contributed by atoms with van der Waals surface area (Å²) in [5.74, 6) is 0. The van der Waals surface area contributed by atoms with Crippen LogP contribution in [-0.4, -0.2) is 32.5 Å². The average Bonchev–Trinajstić information content (AvgIpc) is 2.90. The van der Waals surface area contributed by atoms with Gasteiger partial charge in [0.1, 0.15) is 4.60 Å². The summed E-state index contributed by atoms with van der Waals surface area (Å²) < 4.78 is 19.5. The summed E-state index contributed by atoms with van der Waals surface area (Å²) in [5, 5.41) is 0.160. The molecule has 2 rings (SSSR count). The van der Waals surface area contributed by atoms with E-state index < -0.39 is 8.32 Å². The second-order valence-electron chi connectivity index (χ2n) is 7.84. The molecule has 7 heteroatoms. The minimum atomic E-state index is -1.89. The van der Waals surface area contributed by atoms with Gasteiger partial charge in [-0.15, -0.1) is 11.3 Å². The van der Waals surface area contributed by atoms with Crippen molar-refractivity contribution in [2.24, 2.45) is 0 Å². The summed E-state index contributed by atoms with van der Waals surface area (Å²) in [7, 11) is -1.89. The SMILES string of the molecule is CC(C)(C)[Si](C)(C)OC(CCc1scnc1Br)OC1CCCCO1. The van der Waals surface area contributed by atoms with Gasteiger partial charge < -0.3 is 13.9 Å². The van der Waals surface area contributed by atoms with Crippen LogP contribution in [0, 0.1) is 0 Å². The third-order valence-corrected chi connectivity index (χ3v) is 11.2. The molecule has 0 N–H and O–H groups in total. The Labute approximate surface area is 159 Å².